The minimum atomic E-state index is -0.463. The number of amides is 2. The lowest BCUT2D eigenvalue weighted by Crippen LogP contribution is -2.57. The first-order chi connectivity index (χ1) is 18.4. The van der Waals surface area contributed by atoms with Crippen LogP contribution in [-0.4, -0.2) is 85.5 Å². The van der Waals surface area contributed by atoms with E-state index in [0.717, 1.165) is 26.2 Å². The summed E-state index contributed by atoms with van der Waals surface area (Å²) in [6.07, 6.45) is -0.649. The van der Waals surface area contributed by atoms with Crippen LogP contribution in [0, 0.1) is 68.0 Å². The molecule has 0 aromatic heterocycles. The van der Waals surface area contributed by atoms with Gasteiger partial charge < -0.3 is 29.9 Å². The van der Waals surface area contributed by atoms with Gasteiger partial charge in [0.1, 0.15) is 11.2 Å². The van der Waals surface area contributed by atoms with Crippen LogP contribution in [0.2, 0.25) is 0 Å². The van der Waals surface area contributed by atoms with E-state index in [1.54, 1.807) is 9.80 Å². The van der Waals surface area contributed by atoms with Crippen LogP contribution in [0.4, 0.5) is 9.59 Å². The second kappa shape index (κ2) is 17.2. The van der Waals surface area contributed by atoms with Crippen LogP contribution < -0.4 is 10.6 Å². The average Bonchev–Trinajstić information content (AvgIpc) is 2.72. The van der Waals surface area contributed by atoms with Crippen molar-refractivity contribution < 1.29 is 19.1 Å². The van der Waals surface area contributed by atoms with Crippen molar-refractivity contribution in [2.75, 3.05) is 52.4 Å². The van der Waals surface area contributed by atoms with E-state index in [-0.39, 0.29) is 53.7 Å². The normalized spacial score (nSPS) is 19.2. The van der Waals surface area contributed by atoms with E-state index in [9.17, 15) is 9.59 Å². The molecule has 4 fully saturated rings. The van der Waals surface area contributed by atoms with Gasteiger partial charge in [-0.1, -0.05) is 0 Å². The number of carbonyl (C=O) groups excluding carboxylic acids is 2. The van der Waals surface area contributed by atoms with E-state index < -0.39 is 11.2 Å². The van der Waals surface area contributed by atoms with Crippen molar-refractivity contribution in [3.8, 4) is 24.3 Å². The molecule has 4 rings (SSSR count). The van der Waals surface area contributed by atoms with E-state index >= 15 is 0 Å². The maximum absolute atomic E-state index is 11.4. The van der Waals surface area contributed by atoms with Crippen LogP contribution >= 0.6 is 24.8 Å². The van der Waals surface area contributed by atoms with Gasteiger partial charge in [-0.05, 0) is 55.4 Å². The van der Waals surface area contributed by atoms with Gasteiger partial charge in [0.15, 0.2) is 0 Å². The van der Waals surface area contributed by atoms with Gasteiger partial charge in [-0.15, -0.1) is 24.8 Å². The van der Waals surface area contributed by atoms with E-state index in [0.29, 0.717) is 32.1 Å². The minimum Gasteiger partial charge on any atom is -0.444 e. The Hall–Kier alpha value is -3.00. The van der Waals surface area contributed by atoms with Gasteiger partial charge >= 0.3 is 12.2 Å². The summed E-state index contributed by atoms with van der Waals surface area (Å²) in [6, 6.07) is 8.63. The van der Waals surface area contributed by atoms with Crippen LogP contribution in [0.3, 0.4) is 0 Å². The van der Waals surface area contributed by atoms with Crippen LogP contribution in [0.15, 0.2) is 0 Å². The lowest BCUT2D eigenvalue weighted by molar-refractivity contribution is -0.0119. The van der Waals surface area contributed by atoms with Crippen molar-refractivity contribution >= 4 is 37.0 Å². The van der Waals surface area contributed by atoms with Gasteiger partial charge in [0.05, 0.1) is 46.9 Å². The number of ether oxygens (including phenoxy) is 2. The number of hydrogen-bond acceptors (Lipinski definition) is 10. The fourth-order valence-corrected chi connectivity index (χ4v) is 3.32. The highest BCUT2D eigenvalue weighted by Gasteiger charge is 2.43. The summed E-state index contributed by atoms with van der Waals surface area (Å²) in [5.41, 5.74) is -1.33. The molecule has 0 aliphatic carbocycles. The number of carbonyl (C=O) groups is 2. The molecule has 0 aromatic rings. The van der Waals surface area contributed by atoms with E-state index in [2.05, 4.69) is 34.9 Å². The van der Waals surface area contributed by atoms with Crippen molar-refractivity contribution in [3.63, 3.8) is 0 Å². The van der Waals surface area contributed by atoms with Gasteiger partial charge in [-0.2, -0.15) is 21.0 Å². The molecule has 236 valence electrons. The van der Waals surface area contributed by atoms with Gasteiger partial charge in [0.2, 0.25) is 0 Å². The maximum atomic E-state index is 11.4. The first kappa shape index (κ1) is 41.1. The van der Waals surface area contributed by atoms with Gasteiger partial charge in [0, 0.05) is 52.4 Å². The summed E-state index contributed by atoms with van der Waals surface area (Å²) >= 11 is 0. The molecular weight excluding hydrogens is 583 g/mol. The minimum absolute atomic E-state index is 0. The molecule has 4 aliphatic heterocycles. The monoisotopic (exact) mass is 628 g/mol. The van der Waals surface area contributed by atoms with Crippen molar-refractivity contribution in [1.29, 1.82) is 21.0 Å². The summed E-state index contributed by atoms with van der Waals surface area (Å²) in [6.45, 7) is 20.2. The third kappa shape index (κ3) is 14.8. The smallest absolute Gasteiger partial charge is 0.410 e. The van der Waals surface area contributed by atoms with Crippen molar-refractivity contribution in [2.24, 2.45) is 22.7 Å². The van der Waals surface area contributed by atoms with Crippen molar-refractivity contribution in [1.82, 2.24) is 20.4 Å². The molecule has 0 bridgehead atoms. The number of nitrogens with one attached hydrogen (secondary N) is 2. The number of nitrogens with zero attached hydrogens (tertiary/aromatic N) is 6. The molecule has 4 heterocycles. The Morgan fingerprint density at radius 1 is 0.714 bits per heavy atom. The third-order valence-corrected chi connectivity index (χ3v) is 5.98. The summed E-state index contributed by atoms with van der Waals surface area (Å²) in [4.78, 5) is 25.8. The van der Waals surface area contributed by atoms with E-state index in [1.165, 1.54) is 0 Å². The molecule has 0 atom stereocenters. The van der Waals surface area contributed by atoms with Gasteiger partial charge in [-0.3, -0.25) is 0 Å². The first-order valence-electron chi connectivity index (χ1n) is 13.4. The molecule has 4 saturated heterocycles. The molecule has 42 heavy (non-hydrogen) atoms. The van der Waals surface area contributed by atoms with Crippen molar-refractivity contribution in [2.45, 2.75) is 66.6 Å². The number of rotatable bonds is 0. The quantitative estimate of drug-likeness (QED) is 0.400. The number of nitriles is 4. The highest BCUT2D eigenvalue weighted by molar-refractivity contribution is 5.85. The molecule has 14 heteroatoms. The SMILES string of the molecule is CC(C)(C)OC(=O)N1CC(C#N)C1.CC1(C#N)CN(C(=O)OC(C)(C)C)C1.CC1(C#N)CNC1.Cl.Cl.N#CC1CNC1. The molecule has 0 aromatic carbocycles. The molecule has 0 spiro atoms. The zero-order valence-electron chi connectivity index (χ0n) is 25.9. The van der Waals surface area contributed by atoms with Crippen LogP contribution in [0.25, 0.3) is 0 Å². The molecule has 0 radical (unpaired) electrons. The number of halogens is 2. The molecule has 0 saturated carbocycles. The summed E-state index contributed by atoms with van der Waals surface area (Å²) in [5, 5.41) is 39.7. The lowest BCUT2D eigenvalue weighted by atomic mass is 9.84. The lowest BCUT2D eigenvalue weighted by Gasteiger charge is -2.43. The number of hydrogen-bond donors (Lipinski definition) is 2. The largest absolute Gasteiger partial charge is 0.444 e. The Bertz CT molecular complexity index is 1040. The van der Waals surface area contributed by atoms with Gasteiger partial charge in [0.25, 0.3) is 0 Å². The zero-order chi connectivity index (χ0) is 30.8. The molecule has 12 nitrogen and oxygen atoms in total. The maximum Gasteiger partial charge on any atom is 0.410 e. The molecular formula is C28H46Cl2N8O4. The van der Waals surface area contributed by atoms with Crippen molar-refractivity contribution in [3.05, 3.63) is 0 Å². The van der Waals surface area contributed by atoms with E-state index in [4.69, 9.17) is 30.5 Å². The summed E-state index contributed by atoms with van der Waals surface area (Å²) in [5.74, 6) is 0.303. The fourth-order valence-electron chi connectivity index (χ4n) is 3.32. The highest BCUT2D eigenvalue weighted by Crippen LogP contribution is 2.29. The second-order valence-electron chi connectivity index (χ2n) is 13.0. The molecule has 2 N–H and O–H groups in total. The fraction of sp³-hybridized carbons (Fsp3) is 0.786. The predicted octanol–water partition coefficient (Wildman–Crippen LogP) is 3.84. The standard InChI is InChI=1S/C10H16N2O2.C9H14N2O2.C5H8N2.C4H6N2.2ClH/c1-9(2,3)14-8(13)12-6-10(4,5-11)7-12;1-9(2,3)13-8(12)11-5-7(4-10)6-11;1-5(2-6)3-7-4-5;5-1-4-2-6-3-4;;/h6-7H2,1-4H3;7H,5-6H2,1-3H3;7H,3-4H2,1H3;4,6H,2-3H2;2*1H. The Morgan fingerprint density at radius 3 is 1.33 bits per heavy atom. The third-order valence-electron chi connectivity index (χ3n) is 5.98. The molecule has 0 unspecified atom stereocenters. The summed E-state index contributed by atoms with van der Waals surface area (Å²) in [7, 11) is 0. The van der Waals surface area contributed by atoms with Gasteiger partial charge in [-0.25, -0.2) is 9.59 Å². The second-order valence-corrected chi connectivity index (χ2v) is 13.0. The molecule has 2 amide bonds. The highest BCUT2D eigenvalue weighted by atomic mass is 35.5. The van der Waals surface area contributed by atoms with Crippen LogP contribution in [0.5, 0.6) is 0 Å². The average molecular weight is 630 g/mol. The van der Waals surface area contributed by atoms with Crippen LogP contribution in [0.1, 0.15) is 55.4 Å². The Labute approximate surface area is 263 Å². The molecule has 4 aliphatic rings. The summed E-state index contributed by atoms with van der Waals surface area (Å²) < 4.78 is 10.3. The zero-order valence-corrected chi connectivity index (χ0v) is 27.6. The Balaban J connectivity index is 0. The predicted molar refractivity (Wildman–Crippen MR) is 161 cm³/mol. The first-order valence-corrected chi connectivity index (χ1v) is 13.4. The topological polar surface area (TPSA) is 178 Å². The van der Waals surface area contributed by atoms with Crippen LogP contribution in [-0.2, 0) is 9.47 Å². The number of likely N-dealkylation sites (tertiary alicyclic amines) is 2. The Morgan fingerprint density at radius 2 is 1.12 bits per heavy atom. The Kier molecular flexibility index (Phi) is 16.8. The van der Waals surface area contributed by atoms with E-state index in [1.807, 2.05) is 55.4 Å².